The monoisotopic (exact) mass is 613 g/mol. The fourth-order valence-electron chi connectivity index (χ4n) is 8.98. The van der Waals surface area contributed by atoms with Gasteiger partial charge in [-0.1, -0.05) is 24.3 Å². The van der Waals surface area contributed by atoms with Gasteiger partial charge in [-0.3, -0.25) is 19.6 Å². The van der Waals surface area contributed by atoms with E-state index in [2.05, 4.69) is 20.6 Å². The molecular weight excluding hydrogens is 580 g/mol. The van der Waals surface area contributed by atoms with Gasteiger partial charge in [0.25, 0.3) is 5.91 Å². The number of nitrogens with one attached hydrogen (secondary N) is 1. The fraction of sp³-hybridized carbons (Fsp3) is 0.424. The standard InChI is InChI=1S/C33H33F2N7O3/c34-21-13-26(32(45)39-33(23-3-1-2-4-24(23)35)28-18-5-6-19(11-18)29(28)33)41(15-21)27(43)16-42-25-8-7-17(20-9-10-37-38-14-20)12-22(25)30(40-42)31(36)44/h1-4,7-10,12,14,18-19,21,26,28-29,32,39,45H,5-6,11,13,15-16H2,(H2,36,44). The SMILES string of the molecule is NC(=O)c1nn(CC(=O)N2CC(F)CC2C(O)NC2(c3ccccc3F)C3C4CCC(C4)C32)c2ccc(-c3ccnnc3)cc12. The Balaban J connectivity index is 1.07. The number of primary amides is 1. The number of carbonyl (C=O) groups excluding carboxylic acids is 2. The van der Waals surface area contributed by atoms with Gasteiger partial charge in [0.1, 0.15) is 24.8 Å². The predicted octanol–water partition coefficient (Wildman–Crippen LogP) is 3.15. The molecular formula is C33H33F2N7O3. The quantitative estimate of drug-likeness (QED) is 0.260. The third-order valence-corrected chi connectivity index (χ3v) is 10.7. The van der Waals surface area contributed by atoms with Gasteiger partial charge < -0.3 is 15.7 Å². The number of fused-ring (bicyclic) bond motifs is 6. The van der Waals surface area contributed by atoms with Gasteiger partial charge in [-0.05, 0) is 72.8 Å². The van der Waals surface area contributed by atoms with Gasteiger partial charge in [0, 0.05) is 22.9 Å². The van der Waals surface area contributed by atoms with Crippen LogP contribution in [0.3, 0.4) is 0 Å². The molecule has 3 aliphatic carbocycles. The van der Waals surface area contributed by atoms with Crippen LogP contribution in [0.1, 0.15) is 41.7 Å². The molecule has 232 valence electrons. The van der Waals surface area contributed by atoms with Crippen molar-refractivity contribution in [1.82, 2.24) is 30.2 Å². The number of aliphatic hydroxyl groups excluding tert-OH is 1. The van der Waals surface area contributed by atoms with Crippen LogP contribution in [0.2, 0.25) is 0 Å². The number of rotatable bonds is 8. The zero-order valence-electron chi connectivity index (χ0n) is 24.4. The molecule has 4 N–H and O–H groups in total. The smallest absolute Gasteiger partial charge is 0.269 e. The van der Waals surface area contributed by atoms with Gasteiger partial charge in [-0.2, -0.15) is 15.3 Å². The van der Waals surface area contributed by atoms with Crippen LogP contribution in [0.25, 0.3) is 22.0 Å². The highest BCUT2D eigenvalue weighted by Gasteiger charge is 2.76. The lowest BCUT2D eigenvalue weighted by molar-refractivity contribution is -0.135. The van der Waals surface area contributed by atoms with E-state index in [1.807, 2.05) is 6.07 Å². The maximum atomic E-state index is 15.3. The van der Waals surface area contributed by atoms with Gasteiger partial charge in [0.2, 0.25) is 5.91 Å². The number of amides is 2. The Hall–Kier alpha value is -4.29. The number of likely N-dealkylation sites (tertiary alicyclic amines) is 1. The lowest BCUT2D eigenvalue weighted by Gasteiger charge is -2.34. The van der Waals surface area contributed by atoms with Crippen molar-refractivity contribution in [1.29, 1.82) is 0 Å². The summed E-state index contributed by atoms with van der Waals surface area (Å²) in [6.07, 6.45) is 3.80. The minimum absolute atomic E-state index is 0.00596. The number of benzene rings is 2. The van der Waals surface area contributed by atoms with Crippen molar-refractivity contribution in [3.63, 3.8) is 0 Å². The Labute approximate surface area is 257 Å². The van der Waals surface area contributed by atoms with Crippen LogP contribution in [-0.4, -0.2) is 66.8 Å². The molecule has 12 heteroatoms. The van der Waals surface area contributed by atoms with Crippen molar-refractivity contribution in [2.24, 2.45) is 29.4 Å². The molecule has 1 aliphatic heterocycles. The van der Waals surface area contributed by atoms with Crippen LogP contribution in [0, 0.1) is 29.5 Å². The minimum atomic E-state index is -1.33. The predicted molar refractivity (Wildman–Crippen MR) is 159 cm³/mol. The van der Waals surface area contributed by atoms with E-state index in [0.29, 0.717) is 28.3 Å². The Bertz CT molecular complexity index is 1800. The summed E-state index contributed by atoms with van der Waals surface area (Å²) in [6.45, 7) is -0.474. The molecule has 3 saturated carbocycles. The molecule has 2 amide bonds. The maximum absolute atomic E-state index is 15.3. The molecule has 0 radical (unpaired) electrons. The average Bonchev–Trinajstić information content (AvgIpc) is 3.55. The van der Waals surface area contributed by atoms with Crippen molar-refractivity contribution >= 4 is 22.7 Å². The van der Waals surface area contributed by atoms with Crippen LogP contribution < -0.4 is 11.1 Å². The topological polar surface area (TPSA) is 139 Å². The van der Waals surface area contributed by atoms with Crippen molar-refractivity contribution in [3.8, 4) is 11.1 Å². The molecule has 2 aromatic carbocycles. The lowest BCUT2D eigenvalue weighted by Crippen LogP contribution is -2.54. The van der Waals surface area contributed by atoms with E-state index in [1.54, 1.807) is 48.8 Å². The first-order valence-corrected chi connectivity index (χ1v) is 15.5. The van der Waals surface area contributed by atoms with Crippen molar-refractivity contribution in [2.45, 2.75) is 56.2 Å². The molecule has 4 fully saturated rings. The van der Waals surface area contributed by atoms with E-state index < -0.39 is 35.8 Å². The van der Waals surface area contributed by atoms with E-state index in [4.69, 9.17) is 5.73 Å². The summed E-state index contributed by atoms with van der Waals surface area (Å²) in [4.78, 5) is 27.4. The Morgan fingerprint density at radius 2 is 1.84 bits per heavy atom. The van der Waals surface area contributed by atoms with Crippen LogP contribution >= 0.6 is 0 Å². The second-order valence-electron chi connectivity index (χ2n) is 13.0. The van der Waals surface area contributed by atoms with Crippen molar-refractivity contribution in [2.75, 3.05) is 6.54 Å². The van der Waals surface area contributed by atoms with Gasteiger partial charge >= 0.3 is 0 Å². The largest absolute Gasteiger partial charge is 0.376 e. The Kier molecular flexibility index (Phi) is 6.51. The van der Waals surface area contributed by atoms with E-state index in [0.717, 1.165) is 30.4 Å². The highest BCUT2D eigenvalue weighted by Crippen LogP contribution is 2.75. The van der Waals surface area contributed by atoms with E-state index in [-0.39, 0.29) is 42.9 Å². The number of hydrogen-bond acceptors (Lipinski definition) is 7. The number of alkyl halides is 1. The van der Waals surface area contributed by atoms with E-state index >= 15 is 4.39 Å². The van der Waals surface area contributed by atoms with Crippen LogP contribution in [0.5, 0.6) is 0 Å². The molecule has 7 atom stereocenters. The number of aromatic nitrogens is 4. The van der Waals surface area contributed by atoms with E-state index in [9.17, 15) is 19.1 Å². The molecule has 10 nitrogen and oxygen atoms in total. The molecule has 4 aliphatic rings. The summed E-state index contributed by atoms with van der Waals surface area (Å²) < 4.78 is 31.6. The minimum Gasteiger partial charge on any atom is -0.376 e. The van der Waals surface area contributed by atoms with Gasteiger partial charge in [0.15, 0.2) is 5.69 Å². The number of nitrogens with zero attached hydrogens (tertiary/aromatic N) is 5. The first-order chi connectivity index (χ1) is 21.8. The number of halogens is 2. The van der Waals surface area contributed by atoms with Crippen LogP contribution in [0.15, 0.2) is 60.9 Å². The Morgan fingerprint density at radius 3 is 2.56 bits per heavy atom. The first kappa shape index (κ1) is 28.2. The summed E-state index contributed by atoms with van der Waals surface area (Å²) in [7, 11) is 0. The first-order valence-electron chi connectivity index (χ1n) is 15.5. The third kappa shape index (κ3) is 4.37. The van der Waals surface area contributed by atoms with Crippen molar-refractivity contribution < 1.29 is 23.5 Å². The molecule has 4 aromatic rings. The normalized spacial score (nSPS) is 30.5. The van der Waals surface area contributed by atoms with Gasteiger partial charge in [0.05, 0.1) is 36.0 Å². The summed E-state index contributed by atoms with van der Waals surface area (Å²) >= 11 is 0. The van der Waals surface area contributed by atoms with Crippen LogP contribution in [0.4, 0.5) is 8.78 Å². The lowest BCUT2D eigenvalue weighted by atomic mass is 9.90. The van der Waals surface area contributed by atoms with Crippen molar-refractivity contribution in [3.05, 3.63) is 78.0 Å². The molecule has 45 heavy (non-hydrogen) atoms. The van der Waals surface area contributed by atoms with E-state index in [1.165, 1.54) is 15.6 Å². The molecule has 3 heterocycles. The molecule has 7 unspecified atom stereocenters. The molecule has 0 spiro atoms. The number of carbonyl (C=O) groups is 2. The Morgan fingerprint density at radius 1 is 1.07 bits per heavy atom. The maximum Gasteiger partial charge on any atom is 0.269 e. The van der Waals surface area contributed by atoms with Gasteiger partial charge in [-0.25, -0.2) is 8.78 Å². The summed E-state index contributed by atoms with van der Waals surface area (Å²) in [6, 6.07) is 12.9. The zero-order valence-corrected chi connectivity index (χ0v) is 24.4. The second-order valence-corrected chi connectivity index (χ2v) is 13.0. The summed E-state index contributed by atoms with van der Waals surface area (Å²) in [5, 5.41) is 27.5. The number of nitrogens with two attached hydrogens (primary N) is 1. The molecule has 8 rings (SSSR count). The number of aliphatic hydroxyl groups is 1. The highest BCUT2D eigenvalue weighted by molar-refractivity contribution is 6.05. The fourth-order valence-corrected chi connectivity index (χ4v) is 8.98. The second kappa shape index (κ2) is 10.4. The molecule has 1 saturated heterocycles. The number of hydrogen-bond donors (Lipinski definition) is 3. The average molecular weight is 614 g/mol. The zero-order chi connectivity index (χ0) is 31.0. The molecule has 2 bridgehead atoms. The van der Waals surface area contributed by atoms with Crippen LogP contribution in [-0.2, 0) is 16.9 Å². The van der Waals surface area contributed by atoms with Gasteiger partial charge in [-0.15, -0.1) is 0 Å². The molecule has 2 aromatic heterocycles. The summed E-state index contributed by atoms with van der Waals surface area (Å²) in [5.41, 5.74) is 7.50. The summed E-state index contributed by atoms with van der Waals surface area (Å²) in [5.74, 6) is -0.223. The third-order valence-electron chi connectivity index (χ3n) is 10.7. The highest BCUT2D eigenvalue weighted by atomic mass is 19.1.